The zero-order valence-corrected chi connectivity index (χ0v) is 10.9. The molecule has 2 amide bonds. The van der Waals surface area contributed by atoms with E-state index in [2.05, 4.69) is 10.3 Å². The summed E-state index contributed by atoms with van der Waals surface area (Å²) < 4.78 is 5.51. The molecule has 0 aromatic carbocycles. The Morgan fingerprint density at radius 1 is 1.50 bits per heavy atom. The fourth-order valence-electron chi connectivity index (χ4n) is 2.15. The number of aryl methyl sites for hydroxylation is 2. The molecule has 18 heavy (non-hydrogen) atoms. The number of hydrogen-bond acceptors (Lipinski definition) is 4. The van der Waals surface area contributed by atoms with E-state index >= 15 is 0 Å². The normalized spacial score (nSPS) is 17.1. The molecular weight excluding hydrogens is 232 g/mol. The lowest BCUT2D eigenvalue weighted by Crippen LogP contribution is -2.46. The quantitative estimate of drug-likeness (QED) is 0.838. The van der Waals surface area contributed by atoms with E-state index in [1.165, 1.54) is 0 Å². The van der Waals surface area contributed by atoms with Crippen molar-refractivity contribution in [1.29, 1.82) is 0 Å². The van der Waals surface area contributed by atoms with Crippen LogP contribution in [-0.4, -0.2) is 35.0 Å². The monoisotopic (exact) mass is 252 g/mol. The average Bonchev–Trinajstić information content (AvgIpc) is 2.67. The zero-order valence-electron chi connectivity index (χ0n) is 10.9. The number of amides is 2. The van der Waals surface area contributed by atoms with Gasteiger partial charge in [-0.15, -0.1) is 0 Å². The zero-order chi connectivity index (χ0) is 13.1. The molecule has 1 aliphatic rings. The molecular formula is C12H20N4O2. The van der Waals surface area contributed by atoms with Gasteiger partial charge in [0.2, 0.25) is 5.89 Å². The number of nitrogens with one attached hydrogen (secondary N) is 1. The SMILES string of the molecule is Cc1nc(CNC2CCN(C(N)=O)CC2)oc1C. The molecule has 0 saturated carbocycles. The van der Waals surface area contributed by atoms with Gasteiger partial charge in [-0.05, 0) is 26.7 Å². The van der Waals surface area contributed by atoms with Gasteiger partial charge < -0.3 is 20.4 Å². The van der Waals surface area contributed by atoms with E-state index in [-0.39, 0.29) is 6.03 Å². The fourth-order valence-corrected chi connectivity index (χ4v) is 2.15. The van der Waals surface area contributed by atoms with Gasteiger partial charge in [0.15, 0.2) is 0 Å². The van der Waals surface area contributed by atoms with Crippen LogP contribution in [0.25, 0.3) is 0 Å². The van der Waals surface area contributed by atoms with Crippen molar-refractivity contribution in [1.82, 2.24) is 15.2 Å². The highest BCUT2D eigenvalue weighted by Gasteiger charge is 2.21. The first kappa shape index (κ1) is 12.9. The molecule has 1 aromatic heterocycles. The fraction of sp³-hybridized carbons (Fsp3) is 0.667. The molecule has 6 heteroatoms. The molecule has 100 valence electrons. The van der Waals surface area contributed by atoms with Crippen molar-refractivity contribution in [2.45, 2.75) is 39.3 Å². The van der Waals surface area contributed by atoms with Crippen molar-refractivity contribution in [3.63, 3.8) is 0 Å². The minimum absolute atomic E-state index is 0.326. The van der Waals surface area contributed by atoms with E-state index < -0.39 is 0 Å². The average molecular weight is 252 g/mol. The summed E-state index contributed by atoms with van der Waals surface area (Å²) in [5, 5.41) is 3.40. The number of urea groups is 1. The number of hydrogen-bond donors (Lipinski definition) is 2. The van der Waals surface area contributed by atoms with Gasteiger partial charge in [-0.25, -0.2) is 9.78 Å². The van der Waals surface area contributed by atoms with E-state index in [9.17, 15) is 4.79 Å². The Morgan fingerprint density at radius 3 is 2.67 bits per heavy atom. The van der Waals surface area contributed by atoms with Crippen molar-refractivity contribution in [2.75, 3.05) is 13.1 Å². The molecule has 0 aliphatic carbocycles. The molecule has 1 aliphatic heterocycles. The Balaban J connectivity index is 1.77. The summed E-state index contributed by atoms with van der Waals surface area (Å²) in [5.74, 6) is 1.60. The number of carbonyl (C=O) groups is 1. The summed E-state index contributed by atoms with van der Waals surface area (Å²) in [6.07, 6.45) is 1.84. The number of primary amides is 1. The number of piperidine rings is 1. The molecule has 6 nitrogen and oxygen atoms in total. The molecule has 0 unspecified atom stereocenters. The molecule has 1 saturated heterocycles. The van der Waals surface area contributed by atoms with Crippen LogP contribution in [0.2, 0.25) is 0 Å². The predicted molar refractivity (Wildman–Crippen MR) is 67.0 cm³/mol. The van der Waals surface area contributed by atoms with Crippen molar-refractivity contribution in [3.05, 3.63) is 17.3 Å². The van der Waals surface area contributed by atoms with E-state index in [1.807, 2.05) is 13.8 Å². The molecule has 2 heterocycles. The highest BCUT2D eigenvalue weighted by Crippen LogP contribution is 2.12. The number of likely N-dealkylation sites (tertiary alicyclic amines) is 1. The van der Waals surface area contributed by atoms with Crippen LogP contribution < -0.4 is 11.1 Å². The first-order valence-corrected chi connectivity index (χ1v) is 6.27. The molecule has 0 radical (unpaired) electrons. The number of oxazole rings is 1. The molecule has 1 fully saturated rings. The molecule has 2 rings (SSSR count). The smallest absolute Gasteiger partial charge is 0.314 e. The highest BCUT2D eigenvalue weighted by molar-refractivity contribution is 5.72. The summed E-state index contributed by atoms with van der Waals surface area (Å²) in [6, 6.07) is 0.0699. The topological polar surface area (TPSA) is 84.4 Å². The molecule has 3 N–H and O–H groups in total. The van der Waals surface area contributed by atoms with Crippen LogP contribution in [0.5, 0.6) is 0 Å². The van der Waals surface area contributed by atoms with Gasteiger partial charge in [0.25, 0.3) is 0 Å². The van der Waals surface area contributed by atoms with E-state index in [0.29, 0.717) is 12.6 Å². The Kier molecular flexibility index (Phi) is 3.86. The summed E-state index contributed by atoms with van der Waals surface area (Å²) in [6.45, 7) is 5.92. The van der Waals surface area contributed by atoms with Crippen LogP contribution in [0.15, 0.2) is 4.42 Å². The first-order chi connectivity index (χ1) is 8.56. The molecule has 0 spiro atoms. The van der Waals surface area contributed by atoms with Crippen LogP contribution >= 0.6 is 0 Å². The molecule has 0 atom stereocenters. The third-order valence-electron chi connectivity index (χ3n) is 3.42. The van der Waals surface area contributed by atoms with Gasteiger partial charge in [-0.1, -0.05) is 0 Å². The van der Waals surface area contributed by atoms with Crippen LogP contribution in [-0.2, 0) is 6.54 Å². The van der Waals surface area contributed by atoms with Gasteiger partial charge in [0.05, 0.1) is 12.2 Å². The van der Waals surface area contributed by atoms with Gasteiger partial charge in [-0.3, -0.25) is 0 Å². The van der Waals surface area contributed by atoms with Crippen LogP contribution in [0.3, 0.4) is 0 Å². The second kappa shape index (κ2) is 5.39. The number of nitrogens with two attached hydrogens (primary N) is 1. The van der Waals surface area contributed by atoms with Gasteiger partial charge in [0, 0.05) is 19.1 Å². The number of nitrogens with zero attached hydrogens (tertiary/aromatic N) is 2. The lowest BCUT2D eigenvalue weighted by Gasteiger charge is -2.31. The van der Waals surface area contributed by atoms with E-state index in [0.717, 1.165) is 43.3 Å². The summed E-state index contributed by atoms with van der Waals surface area (Å²) in [7, 11) is 0. The number of carbonyl (C=O) groups excluding carboxylic acids is 1. The van der Waals surface area contributed by atoms with Crippen molar-refractivity contribution in [3.8, 4) is 0 Å². The Morgan fingerprint density at radius 2 is 2.17 bits per heavy atom. The third kappa shape index (κ3) is 3.01. The highest BCUT2D eigenvalue weighted by atomic mass is 16.4. The maximum Gasteiger partial charge on any atom is 0.314 e. The lowest BCUT2D eigenvalue weighted by atomic mass is 10.1. The second-order valence-corrected chi connectivity index (χ2v) is 4.73. The molecule has 1 aromatic rings. The first-order valence-electron chi connectivity index (χ1n) is 6.27. The number of rotatable bonds is 3. The largest absolute Gasteiger partial charge is 0.444 e. The summed E-state index contributed by atoms with van der Waals surface area (Å²) >= 11 is 0. The van der Waals surface area contributed by atoms with Crippen LogP contribution in [0.4, 0.5) is 4.79 Å². The van der Waals surface area contributed by atoms with Crippen LogP contribution in [0.1, 0.15) is 30.2 Å². The second-order valence-electron chi connectivity index (χ2n) is 4.73. The Labute approximate surface area is 107 Å². The van der Waals surface area contributed by atoms with Crippen molar-refractivity contribution in [2.24, 2.45) is 5.73 Å². The van der Waals surface area contributed by atoms with Gasteiger partial charge in [0.1, 0.15) is 5.76 Å². The van der Waals surface area contributed by atoms with Gasteiger partial charge in [-0.2, -0.15) is 0 Å². The summed E-state index contributed by atoms with van der Waals surface area (Å²) in [4.78, 5) is 17.0. The van der Waals surface area contributed by atoms with Crippen molar-refractivity contribution < 1.29 is 9.21 Å². The number of aromatic nitrogens is 1. The van der Waals surface area contributed by atoms with Crippen molar-refractivity contribution >= 4 is 6.03 Å². The predicted octanol–water partition coefficient (Wildman–Crippen LogP) is 0.924. The minimum atomic E-state index is -0.326. The summed E-state index contributed by atoms with van der Waals surface area (Å²) in [5.41, 5.74) is 6.18. The maximum atomic E-state index is 11.0. The van der Waals surface area contributed by atoms with E-state index in [4.69, 9.17) is 10.2 Å². The van der Waals surface area contributed by atoms with Gasteiger partial charge >= 0.3 is 6.03 Å². The Hall–Kier alpha value is -1.56. The maximum absolute atomic E-state index is 11.0. The Bertz CT molecular complexity index is 402. The lowest BCUT2D eigenvalue weighted by molar-refractivity contribution is 0.184. The third-order valence-corrected chi connectivity index (χ3v) is 3.42. The van der Waals surface area contributed by atoms with Crippen LogP contribution in [0, 0.1) is 13.8 Å². The minimum Gasteiger partial charge on any atom is -0.444 e. The van der Waals surface area contributed by atoms with E-state index in [1.54, 1.807) is 4.90 Å². The standard InChI is InChI=1S/C12H20N4O2/c1-8-9(2)18-11(15-8)7-14-10-3-5-16(6-4-10)12(13)17/h10,14H,3-7H2,1-2H3,(H2,13,17). The molecule has 0 bridgehead atoms.